The van der Waals surface area contributed by atoms with E-state index in [-0.39, 0.29) is 11.8 Å². The maximum atomic E-state index is 11.8. The number of aromatic nitrogens is 2. The van der Waals surface area contributed by atoms with E-state index in [1.54, 1.807) is 22.9 Å². The molecular formula is C12H11N2O3. The Balaban J connectivity index is 2.06. The minimum Gasteiger partial charge on any atom is -0.348 e. The average molecular weight is 231 g/mol. The Morgan fingerprint density at radius 2 is 2.24 bits per heavy atom. The third kappa shape index (κ3) is 1.94. The quantitative estimate of drug-likeness (QED) is 0.758. The second-order valence-corrected chi connectivity index (χ2v) is 3.79. The average Bonchev–Trinajstić information content (AvgIpc) is 2.86. The number of rotatable bonds is 2. The molecule has 1 aliphatic rings. The summed E-state index contributed by atoms with van der Waals surface area (Å²) in [4.78, 5) is 16.0. The molecule has 0 N–H and O–H groups in total. The fourth-order valence-electron chi connectivity index (χ4n) is 1.92. The zero-order chi connectivity index (χ0) is 11.7. The topological polar surface area (TPSA) is 53.4 Å². The number of nitrogens with zero attached hydrogens (tertiary/aromatic N) is 2. The van der Waals surface area contributed by atoms with Crippen molar-refractivity contribution in [2.45, 2.75) is 12.8 Å². The van der Waals surface area contributed by atoms with Gasteiger partial charge < -0.3 is 14.0 Å². The SMILES string of the molecule is O=c1ccc2nc[c]cc2n1CC1OCCO1. The first-order valence-corrected chi connectivity index (χ1v) is 5.43. The van der Waals surface area contributed by atoms with Gasteiger partial charge in [0.2, 0.25) is 0 Å². The van der Waals surface area contributed by atoms with E-state index in [2.05, 4.69) is 11.1 Å². The molecule has 5 heteroatoms. The lowest BCUT2D eigenvalue weighted by Crippen LogP contribution is -2.27. The molecule has 3 rings (SSSR count). The van der Waals surface area contributed by atoms with Gasteiger partial charge in [0.1, 0.15) is 0 Å². The van der Waals surface area contributed by atoms with Gasteiger partial charge in [-0.1, -0.05) is 0 Å². The molecule has 0 atom stereocenters. The van der Waals surface area contributed by atoms with Crippen molar-refractivity contribution in [2.75, 3.05) is 13.2 Å². The molecule has 17 heavy (non-hydrogen) atoms. The summed E-state index contributed by atoms with van der Waals surface area (Å²) < 4.78 is 12.3. The van der Waals surface area contributed by atoms with Gasteiger partial charge in [-0.25, -0.2) is 0 Å². The first-order valence-electron chi connectivity index (χ1n) is 5.43. The summed E-state index contributed by atoms with van der Waals surface area (Å²) in [6.07, 6.45) is 1.23. The minimum atomic E-state index is -0.349. The van der Waals surface area contributed by atoms with E-state index < -0.39 is 0 Å². The molecule has 1 fully saturated rings. The van der Waals surface area contributed by atoms with Gasteiger partial charge in [0.15, 0.2) is 6.29 Å². The third-order valence-electron chi connectivity index (χ3n) is 2.72. The summed E-state index contributed by atoms with van der Waals surface area (Å²) >= 11 is 0. The van der Waals surface area contributed by atoms with E-state index in [9.17, 15) is 4.79 Å². The van der Waals surface area contributed by atoms with Crippen LogP contribution in [0.2, 0.25) is 0 Å². The largest absolute Gasteiger partial charge is 0.348 e. The van der Waals surface area contributed by atoms with Gasteiger partial charge in [0.05, 0.1) is 30.8 Å². The summed E-state index contributed by atoms with van der Waals surface area (Å²) in [5.74, 6) is 0. The molecule has 1 saturated heterocycles. The highest BCUT2D eigenvalue weighted by atomic mass is 16.7. The van der Waals surface area contributed by atoms with E-state index in [1.807, 2.05) is 0 Å². The minimum absolute atomic E-state index is 0.0852. The molecule has 0 amide bonds. The lowest BCUT2D eigenvalue weighted by Gasteiger charge is -2.13. The highest BCUT2D eigenvalue weighted by Crippen LogP contribution is 2.11. The number of hydrogen-bond donors (Lipinski definition) is 0. The lowest BCUT2D eigenvalue weighted by atomic mass is 10.3. The van der Waals surface area contributed by atoms with E-state index in [1.165, 1.54) is 6.07 Å². The first-order chi connectivity index (χ1) is 8.34. The Morgan fingerprint density at radius 1 is 1.41 bits per heavy atom. The Bertz CT molecular complexity index is 588. The van der Waals surface area contributed by atoms with E-state index in [4.69, 9.17) is 9.47 Å². The van der Waals surface area contributed by atoms with Crippen LogP contribution in [0.15, 0.2) is 29.2 Å². The molecule has 1 aliphatic heterocycles. The second-order valence-electron chi connectivity index (χ2n) is 3.79. The molecule has 2 aromatic heterocycles. The molecule has 0 saturated carbocycles. The number of hydrogen-bond acceptors (Lipinski definition) is 4. The summed E-state index contributed by atoms with van der Waals surface area (Å²) in [6, 6.07) is 7.84. The van der Waals surface area contributed by atoms with Crippen LogP contribution >= 0.6 is 0 Å². The lowest BCUT2D eigenvalue weighted by molar-refractivity contribution is -0.0522. The van der Waals surface area contributed by atoms with Crippen molar-refractivity contribution >= 4 is 11.0 Å². The van der Waals surface area contributed by atoms with Gasteiger partial charge in [-0.2, -0.15) is 0 Å². The summed E-state index contributed by atoms with van der Waals surface area (Å²) in [6.45, 7) is 1.54. The fourth-order valence-corrected chi connectivity index (χ4v) is 1.92. The molecular weight excluding hydrogens is 220 g/mol. The van der Waals surface area contributed by atoms with Crippen molar-refractivity contribution in [3.8, 4) is 0 Å². The number of ether oxygens (including phenoxy) is 2. The van der Waals surface area contributed by atoms with Crippen LogP contribution in [0.4, 0.5) is 0 Å². The van der Waals surface area contributed by atoms with Crippen LogP contribution in [0.3, 0.4) is 0 Å². The van der Waals surface area contributed by atoms with Crippen LogP contribution in [0.5, 0.6) is 0 Å². The van der Waals surface area contributed by atoms with Crippen LogP contribution in [-0.2, 0) is 16.0 Å². The molecule has 3 heterocycles. The van der Waals surface area contributed by atoms with Crippen molar-refractivity contribution in [3.63, 3.8) is 0 Å². The molecule has 0 spiro atoms. The molecule has 1 radical (unpaired) electrons. The van der Waals surface area contributed by atoms with Gasteiger partial charge in [0.25, 0.3) is 5.56 Å². The monoisotopic (exact) mass is 231 g/mol. The van der Waals surface area contributed by atoms with E-state index in [0.29, 0.717) is 19.8 Å². The maximum Gasteiger partial charge on any atom is 0.251 e. The van der Waals surface area contributed by atoms with Crippen LogP contribution in [0.25, 0.3) is 11.0 Å². The van der Waals surface area contributed by atoms with Crippen molar-refractivity contribution < 1.29 is 9.47 Å². The van der Waals surface area contributed by atoms with Gasteiger partial charge in [-0.3, -0.25) is 9.78 Å². The molecule has 87 valence electrons. The zero-order valence-electron chi connectivity index (χ0n) is 9.13. The highest BCUT2D eigenvalue weighted by Gasteiger charge is 2.17. The fraction of sp³-hybridized carbons (Fsp3) is 0.333. The number of fused-ring (bicyclic) bond motifs is 1. The Morgan fingerprint density at radius 3 is 3.06 bits per heavy atom. The van der Waals surface area contributed by atoms with Gasteiger partial charge in [-0.15, -0.1) is 0 Å². The Labute approximate surface area is 97.6 Å². The van der Waals surface area contributed by atoms with Gasteiger partial charge in [-0.05, 0) is 12.1 Å². The Kier molecular flexibility index (Phi) is 2.62. The Hall–Kier alpha value is -1.72. The van der Waals surface area contributed by atoms with Crippen molar-refractivity contribution in [1.82, 2.24) is 9.55 Å². The van der Waals surface area contributed by atoms with Gasteiger partial charge >= 0.3 is 0 Å². The second kappa shape index (κ2) is 4.27. The zero-order valence-corrected chi connectivity index (χ0v) is 9.13. The van der Waals surface area contributed by atoms with Gasteiger partial charge in [0, 0.05) is 18.3 Å². The summed E-state index contributed by atoms with van der Waals surface area (Å²) in [5, 5.41) is 0. The van der Waals surface area contributed by atoms with E-state index in [0.717, 1.165) is 11.0 Å². The summed E-state index contributed by atoms with van der Waals surface area (Å²) in [7, 11) is 0. The van der Waals surface area contributed by atoms with Crippen LogP contribution in [0.1, 0.15) is 0 Å². The molecule has 0 aliphatic carbocycles. The molecule has 2 aromatic rings. The molecule has 0 unspecified atom stereocenters. The standard InChI is InChI=1S/C12H11N2O3/c15-11-4-3-9-10(2-1-5-13-9)14(11)8-12-16-6-7-17-12/h2-5,12H,6-8H2. The first kappa shape index (κ1) is 10.4. The third-order valence-corrected chi connectivity index (χ3v) is 2.72. The highest BCUT2D eigenvalue weighted by molar-refractivity contribution is 5.73. The molecule has 0 aromatic carbocycles. The predicted molar refractivity (Wildman–Crippen MR) is 60.5 cm³/mol. The molecule has 5 nitrogen and oxygen atoms in total. The van der Waals surface area contributed by atoms with E-state index >= 15 is 0 Å². The van der Waals surface area contributed by atoms with Crippen LogP contribution in [0, 0.1) is 6.07 Å². The van der Waals surface area contributed by atoms with Crippen molar-refractivity contribution in [1.29, 1.82) is 0 Å². The maximum absolute atomic E-state index is 11.8. The van der Waals surface area contributed by atoms with Crippen molar-refractivity contribution in [3.05, 3.63) is 40.8 Å². The smallest absolute Gasteiger partial charge is 0.251 e. The van der Waals surface area contributed by atoms with Crippen LogP contribution < -0.4 is 5.56 Å². The normalized spacial score (nSPS) is 16.7. The van der Waals surface area contributed by atoms with Crippen LogP contribution in [-0.4, -0.2) is 29.1 Å². The van der Waals surface area contributed by atoms with Crippen molar-refractivity contribution in [2.24, 2.45) is 0 Å². The predicted octanol–water partition coefficient (Wildman–Crippen LogP) is 0.570. The number of pyridine rings is 2. The summed E-state index contributed by atoms with van der Waals surface area (Å²) in [5.41, 5.74) is 1.43. The molecule has 0 bridgehead atoms.